The highest BCUT2D eigenvalue weighted by Gasteiger charge is 2.24. The molecule has 0 spiro atoms. The van der Waals surface area contributed by atoms with Crippen molar-refractivity contribution in [3.8, 4) is 11.5 Å². The average Bonchev–Trinajstić information content (AvgIpc) is 3.23. The van der Waals surface area contributed by atoms with Crippen molar-refractivity contribution in [2.24, 2.45) is 0 Å². The number of hydrazine groups is 1. The standard InChI is InChI=1S/C18H23N3O6S2/c1-4-26-14-7-9-15(10-8-14)27-13(2)18(23)20-19-16(22)12-21(3)29(24,25)17-6-5-11-28-17/h5-11,13H,4,12H2,1-3H3,(H,19,22)(H,20,23)/t13-/m0/s1. The van der Waals surface area contributed by atoms with E-state index in [1.54, 1.807) is 35.7 Å². The molecule has 0 unspecified atom stereocenters. The van der Waals surface area contributed by atoms with E-state index in [0.717, 1.165) is 15.6 Å². The second-order valence-electron chi connectivity index (χ2n) is 5.90. The fraction of sp³-hybridized carbons (Fsp3) is 0.333. The van der Waals surface area contributed by atoms with E-state index >= 15 is 0 Å². The summed E-state index contributed by atoms with van der Waals surface area (Å²) in [5.74, 6) is -0.125. The zero-order valence-corrected chi connectivity index (χ0v) is 17.9. The van der Waals surface area contributed by atoms with E-state index in [1.165, 1.54) is 20.0 Å². The number of hydrogen-bond acceptors (Lipinski definition) is 7. The van der Waals surface area contributed by atoms with Crippen LogP contribution in [-0.4, -0.2) is 50.8 Å². The molecule has 158 valence electrons. The van der Waals surface area contributed by atoms with Crippen molar-refractivity contribution in [3.63, 3.8) is 0 Å². The summed E-state index contributed by atoms with van der Waals surface area (Å²) in [5.41, 5.74) is 4.40. The molecule has 0 aliphatic carbocycles. The molecule has 2 amide bonds. The van der Waals surface area contributed by atoms with Gasteiger partial charge in [0.25, 0.3) is 21.8 Å². The highest BCUT2D eigenvalue weighted by Crippen LogP contribution is 2.20. The minimum absolute atomic E-state index is 0.134. The molecule has 29 heavy (non-hydrogen) atoms. The Morgan fingerprint density at radius 1 is 1.14 bits per heavy atom. The van der Waals surface area contributed by atoms with Crippen molar-refractivity contribution in [1.29, 1.82) is 0 Å². The molecule has 2 rings (SSSR count). The van der Waals surface area contributed by atoms with Crippen LogP contribution in [0.1, 0.15) is 13.8 Å². The van der Waals surface area contributed by atoms with E-state index < -0.39 is 34.5 Å². The van der Waals surface area contributed by atoms with E-state index in [0.29, 0.717) is 18.1 Å². The lowest BCUT2D eigenvalue weighted by Gasteiger charge is -2.18. The van der Waals surface area contributed by atoms with Gasteiger partial charge in [0.2, 0.25) is 0 Å². The van der Waals surface area contributed by atoms with Crippen LogP contribution in [0.2, 0.25) is 0 Å². The summed E-state index contributed by atoms with van der Waals surface area (Å²) in [6.45, 7) is 3.49. The molecule has 2 aromatic rings. The molecule has 0 aliphatic rings. The highest BCUT2D eigenvalue weighted by atomic mass is 32.2. The summed E-state index contributed by atoms with van der Waals surface area (Å²) in [6, 6.07) is 9.83. The number of carbonyl (C=O) groups is 2. The molecule has 2 N–H and O–H groups in total. The van der Waals surface area contributed by atoms with Crippen LogP contribution in [0.15, 0.2) is 46.0 Å². The van der Waals surface area contributed by atoms with Crippen LogP contribution in [0.3, 0.4) is 0 Å². The van der Waals surface area contributed by atoms with Gasteiger partial charge in [0, 0.05) is 7.05 Å². The number of nitrogens with one attached hydrogen (secondary N) is 2. The van der Waals surface area contributed by atoms with Gasteiger partial charge in [-0.2, -0.15) is 4.31 Å². The van der Waals surface area contributed by atoms with Crippen LogP contribution in [0.5, 0.6) is 11.5 Å². The first-order valence-corrected chi connectivity index (χ1v) is 11.0. The number of hydrogen-bond donors (Lipinski definition) is 2. The van der Waals surface area contributed by atoms with Gasteiger partial charge in [-0.05, 0) is 49.6 Å². The zero-order chi connectivity index (χ0) is 21.4. The molecule has 0 aliphatic heterocycles. The summed E-state index contributed by atoms with van der Waals surface area (Å²) >= 11 is 1.06. The summed E-state index contributed by atoms with van der Waals surface area (Å²) in [5, 5.41) is 1.63. The SMILES string of the molecule is CCOc1ccc(O[C@@H](C)C(=O)NNC(=O)CN(C)S(=O)(=O)c2cccs2)cc1. The fourth-order valence-electron chi connectivity index (χ4n) is 2.16. The predicted octanol–water partition coefficient (Wildman–Crippen LogP) is 1.38. The van der Waals surface area contributed by atoms with Gasteiger partial charge in [0.15, 0.2) is 6.10 Å². The van der Waals surface area contributed by atoms with E-state index in [4.69, 9.17) is 9.47 Å². The van der Waals surface area contributed by atoms with Gasteiger partial charge < -0.3 is 9.47 Å². The summed E-state index contributed by atoms with van der Waals surface area (Å²) in [7, 11) is -2.46. The fourth-order valence-corrected chi connectivity index (χ4v) is 4.49. The predicted molar refractivity (Wildman–Crippen MR) is 108 cm³/mol. The maximum atomic E-state index is 12.3. The highest BCUT2D eigenvalue weighted by molar-refractivity contribution is 7.91. The molecule has 0 radical (unpaired) electrons. The lowest BCUT2D eigenvalue weighted by molar-refractivity contribution is -0.132. The first-order chi connectivity index (χ1) is 13.7. The molecule has 1 atom stereocenters. The van der Waals surface area contributed by atoms with Crippen LogP contribution in [0.4, 0.5) is 0 Å². The number of carbonyl (C=O) groups excluding carboxylic acids is 2. The molecule has 0 saturated heterocycles. The number of thiophene rings is 1. The quantitative estimate of drug-likeness (QED) is 0.569. The zero-order valence-electron chi connectivity index (χ0n) is 16.2. The number of sulfonamides is 1. The minimum atomic E-state index is -3.75. The van der Waals surface area contributed by atoms with Gasteiger partial charge in [-0.1, -0.05) is 6.07 Å². The van der Waals surface area contributed by atoms with Crippen LogP contribution in [0, 0.1) is 0 Å². The Labute approximate surface area is 173 Å². The van der Waals surface area contributed by atoms with Gasteiger partial charge in [0.1, 0.15) is 15.7 Å². The summed E-state index contributed by atoms with van der Waals surface area (Å²) in [6.07, 6.45) is -0.888. The Morgan fingerprint density at radius 3 is 2.38 bits per heavy atom. The molecular weight excluding hydrogens is 418 g/mol. The van der Waals surface area contributed by atoms with Crippen LogP contribution >= 0.6 is 11.3 Å². The molecule has 1 aromatic heterocycles. The van der Waals surface area contributed by atoms with Gasteiger partial charge in [-0.3, -0.25) is 20.4 Å². The first-order valence-electron chi connectivity index (χ1n) is 8.72. The monoisotopic (exact) mass is 441 g/mol. The smallest absolute Gasteiger partial charge is 0.279 e. The van der Waals surface area contributed by atoms with Crippen molar-refractivity contribution in [3.05, 3.63) is 41.8 Å². The van der Waals surface area contributed by atoms with Crippen molar-refractivity contribution in [2.75, 3.05) is 20.2 Å². The number of nitrogens with zero attached hydrogens (tertiary/aromatic N) is 1. The molecule has 1 aromatic carbocycles. The summed E-state index contributed by atoms with van der Waals surface area (Å²) < 4.78 is 36.4. The van der Waals surface area contributed by atoms with Gasteiger partial charge in [-0.25, -0.2) is 8.42 Å². The van der Waals surface area contributed by atoms with E-state index in [-0.39, 0.29) is 4.21 Å². The molecule has 1 heterocycles. The number of likely N-dealkylation sites (N-methyl/N-ethyl adjacent to an activating group) is 1. The van der Waals surface area contributed by atoms with Crippen molar-refractivity contribution >= 4 is 33.2 Å². The molecule has 0 fully saturated rings. The number of rotatable bonds is 9. The minimum Gasteiger partial charge on any atom is -0.494 e. The first kappa shape index (κ1) is 22.7. The Kier molecular flexibility index (Phi) is 8.00. The topological polar surface area (TPSA) is 114 Å². The molecule has 0 saturated carbocycles. The normalized spacial score (nSPS) is 12.3. The average molecular weight is 442 g/mol. The Morgan fingerprint density at radius 2 is 1.79 bits per heavy atom. The third kappa shape index (κ3) is 6.44. The molecule has 11 heteroatoms. The van der Waals surface area contributed by atoms with Crippen molar-refractivity contribution < 1.29 is 27.5 Å². The van der Waals surface area contributed by atoms with Gasteiger partial charge >= 0.3 is 0 Å². The Balaban J connectivity index is 1.80. The Hall–Kier alpha value is -2.63. The lowest BCUT2D eigenvalue weighted by atomic mass is 10.3. The van der Waals surface area contributed by atoms with Gasteiger partial charge in [0.05, 0.1) is 13.2 Å². The van der Waals surface area contributed by atoms with Crippen molar-refractivity contribution in [2.45, 2.75) is 24.2 Å². The number of ether oxygens (including phenoxy) is 2. The number of benzene rings is 1. The second-order valence-corrected chi connectivity index (χ2v) is 9.11. The largest absolute Gasteiger partial charge is 0.494 e. The Bertz CT molecular complexity index is 914. The van der Waals surface area contributed by atoms with Crippen LogP contribution in [0.25, 0.3) is 0 Å². The lowest BCUT2D eigenvalue weighted by Crippen LogP contribution is -2.50. The third-order valence-electron chi connectivity index (χ3n) is 3.67. The van der Waals surface area contributed by atoms with Crippen LogP contribution < -0.4 is 20.3 Å². The second kappa shape index (κ2) is 10.2. The maximum Gasteiger partial charge on any atom is 0.279 e. The summed E-state index contributed by atoms with van der Waals surface area (Å²) in [4.78, 5) is 24.1. The van der Waals surface area contributed by atoms with Crippen LogP contribution in [-0.2, 0) is 19.6 Å². The van der Waals surface area contributed by atoms with E-state index in [2.05, 4.69) is 10.9 Å². The van der Waals surface area contributed by atoms with Gasteiger partial charge in [-0.15, -0.1) is 11.3 Å². The molecule has 9 nitrogen and oxygen atoms in total. The third-order valence-corrected chi connectivity index (χ3v) is 6.84. The number of amides is 2. The molecule has 0 bridgehead atoms. The maximum absolute atomic E-state index is 12.3. The van der Waals surface area contributed by atoms with E-state index in [1.807, 2.05) is 6.92 Å². The van der Waals surface area contributed by atoms with Crippen molar-refractivity contribution in [1.82, 2.24) is 15.2 Å². The van der Waals surface area contributed by atoms with E-state index in [9.17, 15) is 18.0 Å². The molecular formula is C18H23N3O6S2.